The van der Waals surface area contributed by atoms with Crippen LogP contribution >= 0.6 is 0 Å². The average Bonchev–Trinajstić information content (AvgIpc) is 2.86. The van der Waals surface area contributed by atoms with Crippen LogP contribution in [0.2, 0.25) is 0 Å². The van der Waals surface area contributed by atoms with E-state index in [4.69, 9.17) is 0 Å². The largest absolute Gasteiger partial charge is 0.310 e. The van der Waals surface area contributed by atoms with Gasteiger partial charge in [0.2, 0.25) is 0 Å². The standard InChI is InChI=1S/C15H18N2/c1-2-11-7-14(10-16-9-11)13-4-3-12-5-6-17-15(12)8-13/h2,7-10,12,15,17H,1,3-6H2/t12-,15-/m1/s1. The van der Waals surface area contributed by atoms with E-state index in [9.17, 15) is 0 Å². The number of fused-ring (bicyclic) bond motifs is 1. The third-order valence-electron chi connectivity index (χ3n) is 3.93. The fourth-order valence-electron chi connectivity index (χ4n) is 2.93. The molecule has 1 aromatic heterocycles. The summed E-state index contributed by atoms with van der Waals surface area (Å²) in [5.74, 6) is 0.856. The Labute approximate surface area is 102 Å². The van der Waals surface area contributed by atoms with Crippen LogP contribution in [-0.4, -0.2) is 17.6 Å². The van der Waals surface area contributed by atoms with Crippen molar-refractivity contribution in [3.63, 3.8) is 0 Å². The minimum Gasteiger partial charge on any atom is -0.310 e. The number of hydrogen-bond acceptors (Lipinski definition) is 2. The Morgan fingerprint density at radius 2 is 2.29 bits per heavy atom. The lowest BCUT2D eigenvalue weighted by Crippen LogP contribution is -2.27. The van der Waals surface area contributed by atoms with Crippen molar-refractivity contribution in [3.05, 3.63) is 42.2 Å². The number of nitrogens with one attached hydrogen (secondary N) is 1. The minimum atomic E-state index is 0.589. The highest BCUT2D eigenvalue weighted by molar-refractivity contribution is 5.68. The molecule has 2 nitrogen and oxygen atoms in total. The highest BCUT2D eigenvalue weighted by atomic mass is 14.9. The summed E-state index contributed by atoms with van der Waals surface area (Å²) in [5.41, 5.74) is 3.80. The van der Waals surface area contributed by atoms with Gasteiger partial charge in [-0.15, -0.1) is 0 Å². The summed E-state index contributed by atoms with van der Waals surface area (Å²) in [6.45, 7) is 4.97. The molecule has 0 unspecified atom stereocenters. The van der Waals surface area contributed by atoms with Gasteiger partial charge < -0.3 is 5.32 Å². The Morgan fingerprint density at radius 1 is 1.35 bits per heavy atom. The Kier molecular flexibility index (Phi) is 2.81. The van der Waals surface area contributed by atoms with Crippen molar-refractivity contribution in [3.8, 4) is 0 Å². The van der Waals surface area contributed by atoms with Crippen molar-refractivity contribution in [2.24, 2.45) is 5.92 Å². The van der Waals surface area contributed by atoms with Gasteiger partial charge in [0.1, 0.15) is 0 Å². The van der Waals surface area contributed by atoms with Gasteiger partial charge in [0, 0.05) is 18.4 Å². The predicted octanol–water partition coefficient (Wildman–Crippen LogP) is 2.88. The molecule has 1 aromatic rings. The molecular formula is C15H18N2. The molecule has 1 saturated heterocycles. The van der Waals surface area contributed by atoms with Crippen LogP contribution in [0.25, 0.3) is 11.6 Å². The third-order valence-corrected chi connectivity index (χ3v) is 3.93. The topological polar surface area (TPSA) is 24.9 Å². The van der Waals surface area contributed by atoms with E-state index in [1.54, 1.807) is 0 Å². The average molecular weight is 226 g/mol. The molecule has 0 bridgehead atoms. The maximum Gasteiger partial charge on any atom is 0.0343 e. The van der Waals surface area contributed by atoms with Crippen LogP contribution in [-0.2, 0) is 0 Å². The van der Waals surface area contributed by atoms with Gasteiger partial charge in [-0.05, 0) is 54.5 Å². The van der Waals surface area contributed by atoms with Crippen LogP contribution in [0.4, 0.5) is 0 Å². The van der Waals surface area contributed by atoms with Crippen molar-refractivity contribution in [1.29, 1.82) is 0 Å². The van der Waals surface area contributed by atoms with Gasteiger partial charge in [0.25, 0.3) is 0 Å². The van der Waals surface area contributed by atoms with Gasteiger partial charge in [-0.25, -0.2) is 0 Å². The normalized spacial score (nSPS) is 27.4. The van der Waals surface area contributed by atoms with Gasteiger partial charge >= 0.3 is 0 Å². The molecule has 0 spiro atoms. The van der Waals surface area contributed by atoms with Crippen molar-refractivity contribution >= 4 is 11.6 Å². The summed E-state index contributed by atoms with van der Waals surface area (Å²) in [6.07, 6.45) is 11.9. The molecule has 2 heteroatoms. The molecule has 2 atom stereocenters. The smallest absolute Gasteiger partial charge is 0.0343 e. The number of hydrogen-bond donors (Lipinski definition) is 1. The van der Waals surface area contributed by atoms with E-state index in [1.807, 2.05) is 18.5 Å². The predicted molar refractivity (Wildman–Crippen MR) is 71.4 cm³/mol. The summed E-state index contributed by atoms with van der Waals surface area (Å²) in [6, 6.07) is 2.77. The van der Waals surface area contributed by atoms with Gasteiger partial charge in [0.05, 0.1) is 0 Å². The van der Waals surface area contributed by atoms with E-state index in [0.29, 0.717) is 6.04 Å². The first-order valence-electron chi connectivity index (χ1n) is 6.39. The van der Waals surface area contributed by atoms with Gasteiger partial charge in [-0.2, -0.15) is 0 Å². The third kappa shape index (κ3) is 2.05. The van der Waals surface area contributed by atoms with Crippen LogP contribution in [0.3, 0.4) is 0 Å². The zero-order valence-corrected chi connectivity index (χ0v) is 10.0. The lowest BCUT2D eigenvalue weighted by atomic mass is 9.84. The first-order chi connectivity index (χ1) is 8.36. The van der Waals surface area contributed by atoms with Crippen LogP contribution < -0.4 is 5.32 Å². The zero-order chi connectivity index (χ0) is 11.7. The quantitative estimate of drug-likeness (QED) is 0.838. The van der Waals surface area contributed by atoms with Gasteiger partial charge in [-0.3, -0.25) is 4.98 Å². The number of rotatable bonds is 2. The summed E-state index contributed by atoms with van der Waals surface area (Å²) in [4.78, 5) is 4.28. The highest BCUT2D eigenvalue weighted by Gasteiger charge is 2.28. The number of nitrogens with zero attached hydrogens (tertiary/aromatic N) is 1. The molecule has 0 saturated carbocycles. The van der Waals surface area contributed by atoms with Crippen LogP contribution in [0.15, 0.2) is 31.1 Å². The number of aromatic nitrogens is 1. The Morgan fingerprint density at radius 3 is 3.18 bits per heavy atom. The number of pyridine rings is 1. The van der Waals surface area contributed by atoms with Gasteiger partial charge in [0.15, 0.2) is 0 Å². The van der Waals surface area contributed by atoms with Crippen molar-refractivity contribution < 1.29 is 0 Å². The van der Waals surface area contributed by atoms with E-state index in [0.717, 1.165) is 11.5 Å². The molecule has 1 aliphatic carbocycles. The SMILES string of the molecule is C=Cc1cncc(C2=C[C@H]3NCC[C@H]3CC2)c1. The lowest BCUT2D eigenvalue weighted by Gasteiger charge is -2.24. The molecule has 2 aliphatic rings. The van der Waals surface area contributed by atoms with Crippen molar-refractivity contribution in [2.75, 3.05) is 6.54 Å². The molecule has 1 aliphatic heterocycles. The second-order valence-electron chi connectivity index (χ2n) is 4.97. The fourth-order valence-corrected chi connectivity index (χ4v) is 2.93. The van der Waals surface area contributed by atoms with E-state index < -0.39 is 0 Å². The fraction of sp³-hybridized carbons (Fsp3) is 0.400. The molecular weight excluding hydrogens is 208 g/mol. The van der Waals surface area contributed by atoms with E-state index >= 15 is 0 Å². The summed E-state index contributed by atoms with van der Waals surface area (Å²) in [7, 11) is 0. The molecule has 1 fully saturated rings. The second kappa shape index (κ2) is 4.46. The Bertz CT molecular complexity index is 462. The van der Waals surface area contributed by atoms with Crippen LogP contribution in [0.5, 0.6) is 0 Å². The summed E-state index contributed by atoms with van der Waals surface area (Å²) in [5, 5.41) is 3.57. The molecule has 2 heterocycles. The van der Waals surface area contributed by atoms with Crippen LogP contribution in [0.1, 0.15) is 30.4 Å². The lowest BCUT2D eigenvalue weighted by molar-refractivity contribution is 0.465. The monoisotopic (exact) mass is 226 g/mol. The first-order valence-corrected chi connectivity index (χ1v) is 6.39. The Balaban J connectivity index is 1.90. The first kappa shape index (κ1) is 10.7. The molecule has 0 aromatic carbocycles. The summed E-state index contributed by atoms with van der Waals surface area (Å²) < 4.78 is 0. The van der Waals surface area contributed by atoms with E-state index in [2.05, 4.69) is 29.0 Å². The maximum absolute atomic E-state index is 4.28. The second-order valence-corrected chi connectivity index (χ2v) is 4.97. The molecule has 17 heavy (non-hydrogen) atoms. The molecule has 0 radical (unpaired) electrons. The Hall–Kier alpha value is -1.41. The van der Waals surface area contributed by atoms with Crippen molar-refractivity contribution in [2.45, 2.75) is 25.3 Å². The van der Waals surface area contributed by atoms with Crippen molar-refractivity contribution in [1.82, 2.24) is 10.3 Å². The molecule has 3 rings (SSSR count). The molecule has 0 amide bonds. The number of allylic oxidation sites excluding steroid dienone is 1. The van der Waals surface area contributed by atoms with Gasteiger partial charge in [-0.1, -0.05) is 18.7 Å². The minimum absolute atomic E-state index is 0.589. The molecule has 1 N–H and O–H groups in total. The van der Waals surface area contributed by atoms with E-state index in [-0.39, 0.29) is 0 Å². The maximum atomic E-state index is 4.28. The van der Waals surface area contributed by atoms with E-state index in [1.165, 1.54) is 36.9 Å². The molecule has 88 valence electrons. The zero-order valence-electron chi connectivity index (χ0n) is 10.0. The summed E-state index contributed by atoms with van der Waals surface area (Å²) >= 11 is 0. The highest BCUT2D eigenvalue weighted by Crippen LogP contribution is 2.34. The van der Waals surface area contributed by atoms with Crippen LogP contribution in [0, 0.1) is 5.92 Å².